The topological polar surface area (TPSA) is 101 Å². The van der Waals surface area contributed by atoms with Gasteiger partial charge in [-0.1, -0.05) is 62.4 Å². The van der Waals surface area contributed by atoms with Crippen LogP contribution >= 0.6 is 0 Å². The summed E-state index contributed by atoms with van der Waals surface area (Å²) in [6.45, 7) is 3.50. The van der Waals surface area contributed by atoms with Gasteiger partial charge in [0.25, 0.3) is 5.91 Å². The maximum Gasteiger partial charge on any atom is 0.410 e. The van der Waals surface area contributed by atoms with Gasteiger partial charge in [-0.3, -0.25) is 4.79 Å². The monoisotopic (exact) mass is 497 g/mol. The van der Waals surface area contributed by atoms with Crippen molar-refractivity contribution in [2.24, 2.45) is 17.8 Å². The average molecular weight is 498 g/mol. The van der Waals surface area contributed by atoms with Gasteiger partial charge in [-0.2, -0.15) is 5.26 Å². The molecule has 196 valence electrons. The number of nitriles is 1. The second kappa shape index (κ2) is 12.6. The highest BCUT2D eigenvalue weighted by Crippen LogP contribution is 2.44. The Labute approximate surface area is 214 Å². The minimum absolute atomic E-state index is 0.176. The lowest BCUT2D eigenvalue weighted by Gasteiger charge is -2.40. The second-order valence-corrected chi connectivity index (χ2v) is 10.6. The molecule has 1 aromatic rings. The molecule has 0 spiro atoms. The molecule has 0 aromatic heterocycles. The van der Waals surface area contributed by atoms with Gasteiger partial charge in [0, 0.05) is 13.1 Å². The fourth-order valence-corrected chi connectivity index (χ4v) is 5.85. The number of carbonyl (C=O) groups is 2. The van der Waals surface area contributed by atoms with Crippen LogP contribution in [0.15, 0.2) is 30.3 Å². The smallest absolute Gasteiger partial charge is 0.410 e. The number of morpholine rings is 1. The molecule has 1 aromatic carbocycles. The summed E-state index contributed by atoms with van der Waals surface area (Å²) in [6.07, 6.45) is 7.45. The van der Waals surface area contributed by atoms with Crippen LogP contribution in [0.5, 0.6) is 0 Å². The van der Waals surface area contributed by atoms with Crippen LogP contribution in [0.4, 0.5) is 4.79 Å². The molecule has 1 heterocycles. The molecule has 8 nitrogen and oxygen atoms in total. The standard InChI is InChI=1S/C28H39N3O5/c1-28(20-29,35-19-21-7-3-2-4-8-21)30-26(32)25(36-27(33)31-13-15-34-16-14-31)18-22-11-12-23-9-5-6-10-24(23)17-22/h2-4,7-8,22-25H,5-6,9-19H2,1H3,(H,30,32). The fourth-order valence-electron chi connectivity index (χ4n) is 5.85. The van der Waals surface area contributed by atoms with Crippen LogP contribution in [-0.2, 0) is 25.6 Å². The highest BCUT2D eigenvalue weighted by molar-refractivity contribution is 5.84. The molecule has 1 aliphatic heterocycles. The number of fused-ring (bicyclic) bond motifs is 1. The molecule has 4 rings (SSSR count). The Bertz CT molecular complexity index is 914. The molecule has 36 heavy (non-hydrogen) atoms. The third kappa shape index (κ3) is 7.21. The largest absolute Gasteiger partial charge is 0.436 e. The Balaban J connectivity index is 1.41. The Morgan fingerprint density at radius 1 is 1.14 bits per heavy atom. The number of rotatable bonds is 8. The van der Waals surface area contributed by atoms with Crippen molar-refractivity contribution in [2.45, 2.75) is 76.7 Å². The van der Waals surface area contributed by atoms with Crippen molar-refractivity contribution in [3.8, 4) is 6.07 Å². The minimum Gasteiger partial charge on any atom is -0.436 e. The molecule has 2 aliphatic carbocycles. The first kappa shape index (κ1) is 26.4. The Kier molecular flexibility index (Phi) is 9.22. The summed E-state index contributed by atoms with van der Waals surface area (Å²) in [5.74, 6) is 1.33. The quantitative estimate of drug-likeness (QED) is 0.535. The molecule has 1 N–H and O–H groups in total. The number of nitrogens with zero attached hydrogens (tertiary/aromatic N) is 2. The van der Waals surface area contributed by atoms with Crippen LogP contribution in [0.2, 0.25) is 0 Å². The molecule has 2 saturated carbocycles. The fraction of sp³-hybridized carbons (Fsp3) is 0.679. The van der Waals surface area contributed by atoms with E-state index in [9.17, 15) is 14.9 Å². The van der Waals surface area contributed by atoms with E-state index >= 15 is 0 Å². The van der Waals surface area contributed by atoms with Gasteiger partial charge in [-0.05, 0) is 49.5 Å². The Morgan fingerprint density at radius 3 is 2.58 bits per heavy atom. The van der Waals surface area contributed by atoms with E-state index in [1.54, 1.807) is 4.90 Å². The average Bonchev–Trinajstić information content (AvgIpc) is 2.92. The number of ether oxygens (including phenoxy) is 3. The van der Waals surface area contributed by atoms with E-state index in [1.165, 1.54) is 39.0 Å². The predicted octanol–water partition coefficient (Wildman–Crippen LogP) is 4.39. The summed E-state index contributed by atoms with van der Waals surface area (Å²) >= 11 is 0. The molecule has 2 amide bonds. The first-order valence-corrected chi connectivity index (χ1v) is 13.4. The molecular weight excluding hydrogens is 458 g/mol. The van der Waals surface area contributed by atoms with Crippen LogP contribution in [0.25, 0.3) is 0 Å². The summed E-state index contributed by atoms with van der Waals surface area (Å²) in [5.41, 5.74) is -0.648. The zero-order valence-electron chi connectivity index (χ0n) is 21.3. The number of nitrogens with one attached hydrogen (secondary N) is 1. The van der Waals surface area contributed by atoms with Gasteiger partial charge in [0.1, 0.15) is 6.07 Å². The summed E-state index contributed by atoms with van der Waals surface area (Å²) in [4.78, 5) is 27.9. The minimum atomic E-state index is -1.54. The van der Waals surface area contributed by atoms with Gasteiger partial charge < -0.3 is 24.4 Å². The van der Waals surface area contributed by atoms with Crippen LogP contribution in [0.3, 0.4) is 0 Å². The molecule has 0 bridgehead atoms. The molecule has 1 saturated heterocycles. The van der Waals surface area contributed by atoms with E-state index in [2.05, 4.69) is 11.4 Å². The summed E-state index contributed by atoms with van der Waals surface area (Å²) in [7, 11) is 0. The van der Waals surface area contributed by atoms with Crippen molar-refractivity contribution >= 4 is 12.0 Å². The van der Waals surface area contributed by atoms with Crippen LogP contribution < -0.4 is 5.32 Å². The molecule has 3 aliphatic rings. The van der Waals surface area contributed by atoms with Gasteiger partial charge in [-0.15, -0.1) is 0 Å². The summed E-state index contributed by atoms with van der Waals surface area (Å²) < 4.78 is 16.9. The van der Waals surface area contributed by atoms with E-state index in [0.717, 1.165) is 24.3 Å². The van der Waals surface area contributed by atoms with Crippen molar-refractivity contribution in [3.63, 3.8) is 0 Å². The van der Waals surface area contributed by atoms with E-state index in [0.29, 0.717) is 44.6 Å². The number of hydrogen-bond donors (Lipinski definition) is 1. The zero-order valence-corrected chi connectivity index (χ0v) is 21.3. The molecule has 5 atom stereocenters. The molecular formula is C28H39N3O5. The maximum atomic E-state index is 13.4. The zero-order chi connectivity index (χ0) is 25.4. The van der Waals surface area contributed by atoms with Crippen LogP contribution in [0, 0.1) is 29.1 Å². The number of amides is 2. The number of benzene rings is 1. The predicted molar refractivity (Wildman–Crippen MR) is 133 cm³/mol. The third-order valence-electron chi connectivity index (χ3n) is 7.95. The van der Waals surface area contributed by atoms with E-state index in [-0.39, 0.29) is 6.61 Å². The van der Waals surface area contributed by atoms with Gasteiger partial charge in [0.05, 0.1) is 19.8 Å². The third-order valence-corrected chi connectivity index (χ3v) is 7.95. The highest BCUT2D eigenvalue weighted by Gasteiger charge is 2.38. The van der Waals surface area contributed by atoms with Crippen LogP contribution in [0.1, 0.15) is 63.9 Å². The lowest BCUT2D eigenvalue weighted by atomic mass is 9.66. The van der Waals surface area contributed by atoms with Gasteiger partial charge in [0.2, 0.25) is 5.72 Å². The van der Waals surface area contributed by atoms with E-state index in [4.69, 9.17) is 14.2 Å². The van der Waals surface area contributed by atoms with Crippen molar-refractivity contribution in [2.75, 3.05) is 26.3 Å². The molecule has 8 heteroatoms. The Hall–Kier alpha value is -2.63. The van der Waals surface area contributed by atoms with E-state index in [1.807, 2.05) is 30.3 Å². The summed E-state index contributed by atoms with van der Waals surface area (Å²) in [6, 6.07) is 11.6. The Morgan fingerprint density at radius 2 is 1.86 bits per heavy atom. The second-order valence-electron chi connectivity index (χ2n) is 10.6. The normalized spacial score (nSPS) is 26.6. The molecule has 0 radical (unpaired) electrons. The van der Waals surface area contributed by atoms with E-state index < -0.39 is 23.8 Å². The molecule has 3 fully saturated rings. The number of hydrogen-bond acceptors (Lipinski definition) is 6. The SMILES string of the molecule is CC(C#N)(NC(=O)C(CC1CCC2CCCCC2C1)OC(=O)N1CCOCC1)OCc1ccccc1. The van der Waals surface area contributed by atoms with Gasteiger partial charge in [0.15, 0.2) is 6.10 Å². The van der Waals surface area contributed by atoms with Gasteiger partial charge >= 0.3 is 6.09 Å². The number of carbonyl (C=O) groups excluding carboxylic acids is 2. The molecule has 5 unspecified atom stereocenters. The van der Waals surface area contributed by atoms with Crippen molar-refractivity contribution in [1.29, 1.82) is 5.26 Å². The van der Waals surface area contributed by atoms with Crippen LogP contribution in [-0.4, -0.2) is 55.0 Å². The van der Waals surface area contributed by atoms with Crippen molar-refractivity contribution < 1.29 is 23.8 Å². The van der Waals surface area contributed by atoms with Crippen molar-refractivity contribution in [1.82, 2.24) is 10.2 Å². The maximum absolute atomic E-state index is 13.4. The van der Waals surface area contributed by atoms with Gasteiger partial charge in [-0.25, -0.2) is 4.79 Å². The lowest BCUT2D eigenvalue weighted by molar-refractivity contribution is -0.139. The first-order chi connectivity index (χ1) is 17.5. The summed E-state index contributed by atoms with van der Waals surface area (Å²) in [5, 5.41) is 12.5. The van der Waals surface area contributed by atoms with Crippen molar-refractivity contribution in [3.05, 3.63) is 35.9 Å². The first-order valence-electron chi connectivity index (χ1n) is 13.4. The highest BCUT2D eigenvalue weighted by atomic mass is 16.6. The lowest BCUT2D eigenvalue weighted by Crippen LogP contribution is -2.53.